The van der Waals surface area contributed by atoms with Crippen LogP contribution in [0.3, 0.4) is 0 Å². The molecule has 4 heterocycles. The van der Waals surface area contributed by atoms with Crippen LogP contribution in [-0.4, -0.2) is 56.4 Å². The number of fused-ring (bicyclic) bond motifs is 2. The maximum Gasteiger partial charge on any atom is 0.320 e. The number of piperidine rings is 1. The van der Waals surface area contributed by atoms with Crippen LogP contribution in [0.1, 0.15) is 31.0 Å². The van der Waals surface area contributed by atoms with Crippen molar-refractivity contribution < 1.29 is 4.79 Å². The third-order valence-electron chi connectivity index (χ3n) is 4.94. The fraction of sp³-hybridized carbons (Fsp3) is 0.533. The second-order valence-corrected chi connectivity index (χ2v) is 7.38. The number of hydrogen-bond acceptors (Lipinski definition) is 3. The first-order chi connectivity index (χ1) is 11.1. The van der Waals surface area contributed by atoms with E-state index in [1.807, 2.05) is 22.5 Å². The highest BCUT2D eigenvalue weighted by molar-refractivity contribution is 9.10. The van der Waals surface area contributed by atoms with Crippen LogP contribution >= 0.6 is 27.5 Å². The average molecular weight is 399 g/mol. The molecular weight excluding hydrogens is 382 g/mol. The number of carbonyl (C=O) groups is 1. The summed E-state index contributed by atoms with van der Waals surface area (Å²) in [6.07, 6.45) is 6.67. The number of rotatable bonds is 1. The van der Waals surface area contributed by atoms with Crippen LogP contribution in [0.5, 0.6) is 0 Å². The topological polar surface area (TPSA) is 53.7 Å². The van der Waals surface area contributed by atoms with Crippen molar-refractivity contribution in [3.63, 3.8) is 0 Å². The molecule has 2 amide bonds. The average Bonchev–Trinajstić information content (AvgIpc) is 2.89. The van der Waals surface area contributed by atoms with Crippen molar-refractivity contribution in [1.82, 2.24) is 24.2 Å². The minimum absolute atomic E-state index is 0.130. The van der Waals surface area contributed by atoms with Gasteiger partial charge >= 0.3 is 6.03 Å². The lowest BCUT2D eigenvalue weighted by atomic mass is 9.89. The number of imidazole rings is 1. The molecule has 2 aromatic heterocycles. The smallest absolute Gasteiger partial charge is 0.320 e. The van der Waals surface area contributed by atoms with E-state index in [9.17, 15) is 4.79 Å². The molecule has 0 saturated carbocycles. The zero-order valence-corrected chi connectivity index (χ0v) is 15.1. The summed E-state index contributed by atoms with van der Waals surface area (Å²) in [7, 11) is 1.87. The monoisotopic (exact) mass is 397 g/mol. The molecule has 0 N–H and O–H groups in total. The summed E-state index contributed by atoms with van der Waals surface area (Å²) < 4.78 is 2.69. The van der Waals surface area contributed by atoms with Gasteiger partial charge in [-0.1, -0.05) is 11.6 Å². The number of hydrogen-bond donors (Lipinski definition) is 0. The van der Waals surface area contributed by atoms with E-state index in [4.69, 9.17) is 11.6 Å². The van der Waals surface area contributed by atoms with E-state index in [1.54, 1.807) is 11.1 Å². The Hall–Kier alpha value is -1.34. The molecule has 4 rings (SSSR count). The lowest BCUT2D eigenvalue weighted by Gasteiger charge is -2.45. The van der Waals surface area contributed by atoms with Gasteiger partial charge in [-0.2, -0.15) is 0 Å². The first-order valence-electron chi connectivity index (χ1n) is 7.76. The molecule has 8 heteroatoms. The molecule has 2 aliphatic rings. The summed E-state index contributed by atoms with van der Waals surface area (Å²) in [4.78, 5) is 25.0. The summed E-state index contributed by atoms with van der Waals surface area (Å²) in [6, 6.07) is 0.500. The molecule has 2 fully saturated rings. The molecule has 2 aliphatic heterocycles. The minimum atomic E-state index is 0.130. The number of nitrogens with zero attached hydrogens (tertiary/aromatic N) is 5. The van der Waals surface area contributed by atoms with E-state index in [0.29, 0.717) is 22.3 Å². The van der Waals surface area contributed by atoms with Crippen LogP contribution in [0.25, 0.3) is 5.52 Å². The van der Waals surface area contributed by atoms with Gasteiger partial charge in [0.2, 0.25) is 0 Å². The van der Waals surface area contributed by atoms with Gasteiger partial charge in [0.15, 0.2) is 5.15 Å². The second kappa shape index (κ2) is 5.63. The van der Waals surface area contributed by atoms with Crippen LogP contribution < -0.4 is 0 Å². The van der Waals surface area contributed by atoms with E-state index in [-0.39, 0.29) is 11.9 Å². The highest BCUT2D eigenvalue weighted by Gasteiger charge is 2.38. The lowest BCUT2D eigenvalue weighted by Crippen LogP contribution is -2.56. The lowest BCUT2D eigenvalue weighted by molar-refractivity contribution is 0.0805. The molecule has 0 spiro atoms. The van der Waals surface area contributed by atoms with Gasteiger partial charge in [0, 0.05) is 44.5 Å². The van der Waals surface area contributed by atoms with Crippen LogP contribution in [0, 0.1) is 0 Å². The molecule has 2 atom stereocenters. The Morgan fingerprint density at radius 2 is 2.17 bits per heavy atom. The van der Waals surface area contributed by atoms with Gasteiger partial charge in [0.1, 0.15) is 15.9 Å². The molecule has 122 valence electrons. The van der Waals surface area contributed by atoms with Crippen molar-refractivity contribution in [3.05, 3.63) is 28.0 Å². The predicted octanol–water partition coefficient (Wildman–Crippen LogP) is 3.15. The van der Waals surface area contributed by atoms with Crippen LogP contribution in [0.15, 0.2) is 17.0 Å². The number of halogens is 2. The second-order valence-electron chi connectivity index (χ2n) is 6.27. The first kappa shape index (κ1) is 15.2. The van der Waals surface area contributed by atoms with E-state index in [2.05, 4.69) is 25.9 Å². The third kappa shape index (κ3) is 2.41. The molecule has 2 unspecified atom stereocenters. The molecule has 2 saturated heterocycles. The minimum Gasteiger partial charge on any atom is -0.328 e. The SMILES string of the molecule is CN1CCC2CCC(c3nc(Br)c4c(Cl)nccn34)CN2C1=O. The molecule has 0 radical (unpaired) electrons. The maximum absolute atomic E-state index is 12.4. The maximum atomic E-state index is 12.4. The van der Waals surface area contributed by atoms with Gasteiger partial charge in [-0.05, 0) is 35.2 Å². The fourth-order valence-electron chi connectivity index (χ4n) is 3.70. The van der Waals surface area contributed by atoms with Crippen molar-refractivity contribution >= 4 is 39.1 Å². The number of carbonyl (C=O) groups excluding carboxylic acids is 1. The van der Waals surface area contributed by atoms with Crippen molar-refractivity contribution in [2.75, 3.05) is 20.1 Å². The highest BCUT2D eigenvalue weighted by atomic mass is 79.9. The van der Waals surface area contributed by atoms with E-state index < -0.39 is 0 Å². The van der Waals surface area contributed by atoms with Crippen LogP contribution in [-0.2, 0) is 0 Å². The number of aromatic nitrogens is 3. The van der Waals surface area contributed by atoms with Crippen molar-refractivity contribution in [3.8, 4) is 0 Å². The van der Waals surface area contributed by atoms with Gasteiger partial charge in [-0.25, -0.2) is 14.8 Å². The number of amides is 2. The normalized spacial score (nSPS) is 25.1. The Kier molecular flexibility index (Phi) is 3.72. The van der Waals surface area contributed by atoms with E-state index in [0.717, 1.165) is 37.1 Å². The summed E-state index contributed by atoms with van der Waals surface area (Å²) >= 11 is 9.67. The first-order valence-corrected chi connectivity index (χ1v) is 8.93. The van der Waals surface area contributed by atoms with Gasteiger partial charge in [-0.15, -0.1) is 0 Å². The molecule has 23 heavy (non-hydrogen) atoms. The molecular formula is C15H17BrClN5O. The molecule has 6 nitrogen and oxygen atoms in total. The van der Waals surface area contributed by atoms with Gasteiger partial charge in [0.25, 0.3) is 0 Å². The summed E-state index contributed by atoms with van der Waals surface area (Å²) in [5.74, 6) is 1.15. The van der Waals surface area contributed by atoms with Crippen LogP contribution in [0.2, 0.25) is 5.15 Å². The van der Waals surface area contributed by atoms with Gasteiger partial charge in [0.05, 0.1) is 0 Å². The molecule has 0 aromatic carbocycles. The van der Waals surface area contributed by atoms with Crippen molar-refractivity contribution in [1.29, 1.82) is 0 Å². The van der Waals surface area contributed by atoms with Crippen LogP contribution in [0.4, 0.5) is 4.79 Å². The standard InChI is InChI=1S/C15H17BrClN5O/c1-20-6-4-10-3-2-9(8-22(10)15(20)23)14-19-12(16)11-13(17)18-5-7-21(11)14/h5,7,9-10H,2-4,6,8H2,1H3. The summed E-state index contributed by atoms with van der Waals surface area (Å²) in [5.41, 5.74) is 0.786. The molecule has 0 bridgehead atoms. The van der Waals surface area contributed by atoms with Crippen molar-refractivity contribution in [2.24, 2.45) is 0 Å². The Morgan fingerprint density at radius 1 is 1.35 bits per heavy atom. The van der Waals surface area contributed by atoms with Crippen molar-refractivity contribution in [2.45, 2.75) is 31.2 Å². The Morgan fingerprint density at radius 3 is 3.00 bits per heavy atom. The fourth-order valence-corrected chi connectivity index (χ4v) is 4.61. The third-order valence-corrected chi connectivity index (χ3v) is 5.77. The van der Waals surface area contributed by atoms with Gasteiger partial charge in [-0.3, -0.25) is 4.40 Å². The quantitative estimate of drug-likeness (QED) is 0.741. The summed E-state index contributed by atoms with van der Waals surface area (Å²) in [6.45, 7) is 1.56. The van der Waals surface area contributed by atoms with E-state index in [1.165, 1.54) is 0 Å². The predicted molar refractivity (Wildman–Crippen MR) is 90.8 cm³/mol. The Bertz CT molecular complexity index is 779. The zero-order valence-electron chi connectivity index (χ0n) is 12.7. The molecule has 2 aromatic rings. The number of urea groups is 1. The highest BCUT2D eigenvalue weighted by Crippen LogP contribution is 2.35. The van der Waals surface area contributed by atoms with E-state index >= 15 is 0 Å². The van der Waals surface area contributed by atoms with Gasteiger partial charge < -0.3 is 9.80 Å². The Labute approximate surface area is 147 Å². The summed E-state index contributed by atoms with van der Waals surface area (Å²) in [5, 5.41) is 0.431. The Balaban J connectivity index is 1.69. The molecule has 0 aliphatic carbocycles. The largest absolute Gasteiger partial charge is 0.328 e. The zero-order chi connectivity index (χ0) is 16.1.